The second-order valence-electron chi connectivity index (χ2n) is 9.01. The number of alkyl halides is 3. The second kappa shape index (κ2) is 11.5. The van der Waals surface area contributed by atoms with Crippen molar-refractivity contribution in [2.75, 3.05) is 19.1 Å². The van der Waals surface area contributed by atoms with E-state index >= 15 is 0 Å². The lowest BCUT2D eigenvalue weighted by molar-refractivity contribution is -0.163. The zero-order valence-corrected chi connectivity index (χ0v) is 21.1. The van der Waals surface area contributed by atoms with E-state index in [-0.39, 0.29) is 18.8 Å². The Labute approximate surface area is 218 Å². The standard InChI is InChI=1S/C28H28F3NO6/c1-27(25(33)34,26(35)36)15-20-8-9-21(14-24(20)28(29,30)31)32(16-18-4-10-22(37-2)11-5-18)17-19-6-12-23(38-3)13-7-19/h4-14H,15-17H2,1-3H3,(H,33,34)(H,35,36). The van der Waals surface area contributed by atoms with Crippen molar-refractivity contribution in [3.05, 3.63) is 89.0 Å². The van der Waals surface area contributed by atoms with Crippen molar-refractivity contribution in [3.8, 4) is 11.5 Å². The fourth-order valence-electron chi connectivity index (χ4n) is 3.94. The topological polar surface area (TPSA) is 96.3 Å². The first-order valence-corrected chi connectivity index (χ1v) is 11.5. The average Bonchev–Trinajstić information content (AvgIpc) is 2.88. The minimum atomic E-state index is -4.84. The highest BCUT2D eigenvalue weighted by molar-refractivity contribution is 5.98. The number of nitrogens with zero attached hydrogens (tertiary/aromatic N) is 1. The van der Waals surface area contributed by atoms with Gasteiger partial charge in [-0.2, -0.15) is 13.2 Å². The van der Waals surface area contributed by atoms with Crippen molar-refractivity contribution in [1.29, 1.82) is 0 Å². The molecule has 0 spiro atoms. The third-order valence-electron chi connectivity index (χ3n) is 6.32. The molecule has 3 aromatic carbocycles. The maximum atomic E-state index is 14.1. The molecule has 0 saturated heterocycles. The van der Waals surface area contributed by atoms with Gasteiger partial charge >= 0.3 is 18.1 Å². The van der Waals surface area contributed by atoms with Crippen LogP contribution in [0.3, 0.4) is 0 Å². The predicted molar refractivity (Wildman–Crippen MR) is 134 cm³/mol. The molecule has 0 amide bonds. The highest BCUT2D eigenvalue weighted by Gasteiger charge is 2.44. The number of hydrogen-bond donors (Lipinski definition) is 2. The van der Waals surface area contributed by atoms with Crippen molar-refractivity contribution >= 4 is 17.6 Å². The Morgan fingerprint density at radius 3 is 1.61 bits per heavy atom. The van der Waals surface area contributed by atoms with Gasteiger partial charge in [0.2, 0.25) is 0 Å². The van der Waals surface area contributed by atoms with E-state index in [1.54, 1.807) is 29.2 Å². The number of carboxylic acids is 2. The molecule has 2 N–H and O–H groups in total. The van der Waals surface area contributed by atoms with Crippen molar-refractivity contribution < 1.29 is 42.4 Å². The number of rotatable bonds is 11. The summed E-state index contributed by atoms with van der Waals surface area (Å²) in [6.45, 7) is 1.41. The Morgan fingerprint density at radius 1 is 0.789 bits per heavy atom. The minimum absolute atomic E-state index is 0.236. The van der Waals surface area contributed by atoms with Crippen molar-refractivity contribution in [3.63, 3.8) is 0 Å². The van der Waals surface area contributed by atoms with Crippen LogP contribution in [0, 0.1) is 5.41 Å². The van der Waals surface area contributed by atoms with Crippen LogP contribution in [0.2, 0.25) is 0 Å². The van der Waals surface area contributed by atoms with Crippen LogP contribution in [-0.2, 0) is 35.3 Å². The van der Waals surface area contributed by atoms with E-state index in [2.05, 4.69) is 0 Å². The summed E-state index contributed by atoms with van der Waals surface area (Å²) in [6, 6.07) is 17.8. The number of carbonyl (C=O) groups is 2. The van der Waals surface area contributed by atoms with E-state index in [1.165, 1.54) is 20.3 Å². The summed E-state index contributed by atoms with van der Waals surface area (Å²) in [6.07, 6.45) is -5.67. The fraction of sp³-hybridized carbons (Fsp3) is 0.286. The minimum Gasteiger partial charge on any atom is -0.497 e. The first-order chi connectivity index (χ1) is 17.9. The van der Waals surface area contributed by atoms with Gasteiger partial charge in [-0.1, -0.05) is 30.3 Å². The van der Waals surface area contributed by atoms with Crippen LogP contribution in [0.15, 0.2) is 66.7 Å². The Hall–Kier alpha value is -4.21. The summed E-state index contributed by atoms with van der Waals surface area (Å²) in [5.74, 6) is -2.16. The number of aliphatic carboxylic acids is 2. The number of anilines is 1. The van der Waals surface area contributed by atoms with Gasteiger partial charge in [-0.3, -0.25) is 9.59 Å². The Balaban J connectivity index is 2.05. The van der Waals surface area contributed by atoms with E-state index in [4.69, 9.17) is 9.47 Å². The van der Waals surface area contributed by atoms with E-state index in [1.807, 2.05) is 24.3 Å². The van der Waals surface area contributed by atoms with Crippen molar-refractivity contribution in [2.45, 2.75) is 32.6 Å². The highest BCUT2D eigenvalue weighted by Crippen LogP contribution is 2.38. The number of ether oxygens (including phenoxy) is 2. The van der Waals surface area contributed by atoms with E-state index in [0.29, 0.717) is 11.5 Å². The Bertz CT molecular complexity index is 1210. The number of methoxy groups -OCH3 is 2. The van der Waals surface area contributed by atoms with Crippen LogP contribution in [0.5, 0.6) is 11.5 Å². The van der Waals surface area contributed by atoms with Gasteiger partial charge in [0, 0.05) is 18.8 Å². The van der Waals surface area contributed by atoms with Gasteiger partial charge < -0.3 is 24.6 Å². The predicted octanol–water partition coefficient (Wildman–Crippen LogP) is 5.65. The average molecular weight is 532 g/mol. The Kier molecular flexibility index (Phi) is 8.55. The molecule has 0 unspecified atom stereocenters. The molecule has 0 aromatic heterocycles. The molecule has 0 radical (unpaired) electrons. The monoisotopic (exact) mass is 531 g/mol. The molecule has 0 fully saturated rings. The van der Waals surface area contributed by atoms with Gasteiger partial charge in [0.1, 0.15) is 11.5 Å². The lowest BCUT2D eigenvalue weighted by atomic mass is 9.82. The molecule has 3 rings (SSSR count). The number of halogens is 3. The quantitative estimate of drug-likeness (QED) is 0.309. The normalized spacial score (nSPS) is 11.6. The van der Waals surface area contributed by atoms with Gasteiger partial charge in [0.05, 0.1) is 19.8 Å². The summed E-state index contributed by atoms with van der Waals surface area (Å²) in [4.78, 5) is 25.0. The summed E-state index contributed by atoms with van der Waals surface area (Å²) in [7, 11) is 3.07. The summed E-state index contributed by atoms with van der Waals surface area (Å²) < 4.78 is 52.8. The van der Waals surface area contributed by atoms with Gasteiger partial charge in [-0.15, -0.1) is 0 Å². The summed E-state index contributed by atoms with van der Waals surface area (Å²) >= 11 is 0. The molecule has 202 valence electrons. The second-order valence-corrected chi connectivity index (χ2v) is 9.01. The summed E-state index contributed by atoms with van der Waals surface area (Å²) in [5, 5.41) is 18.8. The summed E-state index contributed by atoms with van der Waals surface area (Å²) in [5.41, 5.74) is -2.05. The smallest absolute Gasteiger partial charge is 0.416 e. The van der Waals surface area contributed by atoms with Gasteiger partial charge in [-0.25, -0.2) is 0 Å². The van der Waals surface area contributed by atoms with Gasteiger partial charge in [-0.05, 0) is 66.4 Å². The Morgan fingerprint density at radius 2 is 1.24 bits per heavy atom. The number of benzene rings is 3. The molecule has 38 heavy (non-hydrogen) atoms. The zero-order chi connectivity index (χ0) is 28.1. The van der Waals surface area contributed by atoms with E-state index < -0.39 is 41.1 Å². The maximum Gasteiger partial charge on any atom is 0.416 e. The molecule has 0 aliphatic carbocycles. The molecule has 10 heteroatoms. The molecule has 0 bridgehead atoms. The van der Waals surface area contributed by atoms with Crippen LogP contribution >= 0.6 is 0 Å². The maximum absolute atomic E-state index is 14.1. The molecule has 0 saturated carbocycles. The molecular formula is C28H28F3NO6. The third-order valence-corrected chi connectivity index (χ3v) is 6.32. The van der Waals surface area contributed by atoms with Crippen LogP contribution in [0.1, 0.15) is 29.2 Å². The largest absolute Gasteiger partial charge is 0.497 e. The lowest BCUT2D eigenvalue weighted by Crippen LogP contribution is -2.39. The molecule has 0 atom stereocenters. The molecule has 3 aromatic rings. The molecule has 0 aliphatic rings. The van der Waals surface area contributed by atoms with E-state index in [9.17, 15) is 33.0 Å². The lowest BCUT2D eigenvalue weighted by Gasteiger charge is -2.28. The van der Waals surface area contributed by atoms with Crippen LogP contribution < -0.4 is 14.4 Å². The SMILES string of the molecule is COc1ccc(CN(Cc2ccc(OC)cc2)c2ccc(CC(C)(C(=O)O)C(=O)O)c(C(F)(F)F)c2)cc1. The first kappa shape index (κ1) is 28.4. The number of hydrogen-bond acceptors (Lipinski definition) is 5. The van der Waals surface area contributed by atoms with E-state index in [0.717, 1.165) is 30.2 Å². The first-order valence-electron chi connectivity index (χ1n) is 11.5. The molecule has 0 heterocycles. The van der Waals surface area contributed by atoms with Crippen LogP contribution in [0.4, 0.5) is 18.9 Å². The zero-order valence-electron chi connectivity index (χ0n) is 21.1. The van der Waals surface area contributed by atoms with Crippen LogP contribution in [-0.4, -0.2) is 36.4 Å². The van der Waals surface area contributed by atoms with Crippen molar-refractivity contribution in [1.82, 2.24) is 0 Å². The highest BCUT2D eigenvalue weighted by atomic mass is 19.4. The number of carboxylic acid groups (broad SMARTS) is 2. The molecular weight excluding hydrogens is 503 g/mol. The van der Waals surface area contributed by atoms with Gasteiger partial charge in [0.25, 0.3) is 0 Å². The third kappa shape index (κ3) is 6.56. The van der Waals surface area contributed by atoms with Crippen LogP contribution in [0.25, 0.3) is 0 Å². The molecule has 0 aliphatic heterocycles. The molecule has 7 nitrogen and oxygen atoms in total. The van der Waals surface area contributed by atoms with Crippen molar-refractivity contribution in [2.24, 2.45) is 5.41 Å². The van der Waals surface area contributed by atoms with Gasteiger partial charge in [0.15, 0.2) is 5.41 Å². The fourth-order valence-corrected chi connectivity index (χ4v) is 3.94.